The molecule has 148 valence electrons. The van der Waals surface area contributed by atoms with E-state index in [0.29, 0.717) is 6.10 Å². The molecule has 0 unspecified atom stereocenters. The Hall–Kier alpha value is -1.49. The van der Waals surface area contributed by atoms with Crippen molar-refractivity contribution in [2.75, 3.05) is 26.7 Å². The fraction of sp³-hybridized carbons (Fsp3) is 0.762. The predicted octanol–water partition coefficient (Wildman–Crippen LogP) is 3.94. The number of guanidine groups is 1. The summed E-state index contributed by atoms with van der Waals surface area (Å²) in [6, 6.07) is 4.25. The third kappa shape index (κ3) is 7.40. The molecular formula is C21H38N4O. The number of unbranched alkanes of at least 4 members (excludes halogenated alkanes) is 2. The van der Waals surface area contributed by atoms with Crippen LogP contribution in [0.25, 0.3) is 0 Å². The first kappa shape index (κ1) is 20.8. The van der Waals surface area contributed by atoms with Gasteiger partial charge in [0.15, 0.2) is 5.96 Å². The highest BCUT2D eigenvalue weighted by Crippen LogP contribution is 2.20. The van der Waals surface area contributed by atoms with Crippen LogP contribution < -0.4 is 5.32 Å². The normalized spacial score (nSPS) is 16.0. The molecule has 0 saturated heterocycles. The molecule has 0 bridgehead atoms. The van der Waals surface area contributed by atoms with Crippen LogP contribution in [0.5, 0.6) is 0 Å². The van der Waals surface area contributed by atoms with Crippen LogP contribution in [0.15, 0.2) is 23.3 Å². The Kier molecular flexibility index (Phi) is 9.61. The zero-order valence-corrected chi connectivity index (χ0v) is 17.0. The molecule has 1 fully saturated rings. The summed E-state index contributed by atoms with van der Waals surface area (Å²) in [6.07, 6.45) is 12.7. The lowest BCUT2D eigenvalue weighted by atomic mass is 9.98. The first-order valence-electron chi connectivity index (χ1n) is 10.4. The van der Waals surface area contributed by atoms with Crippen molar-refractivity contribution in [1.29, 1.82) is 0 Å². The standard InChI is InChI=1S/C21H38N4O/c1-4-22-21(25(3)18-19-12-11-16-24(19)2)23-15-9-6-10-17-26-20-13-7-5-8-14-20/h11-12,16,20H,4-10,13-15,17-18H2,1-3H3,(H,22,23). The summed E-state index contributed by atoms with van der Waals surface area (Å²) in [5, 5.41) is 3.40. The van der Waals surface area contributed by atoms with E-state index in [1.54, 1.807) is 0 Å². The maximum absolute atomic E-state index is 6.00. The first-order valence-corrected chi connectivity index (χ1v) is 10.4. The maximum Gasteiger partial charge on any atom is 0.194 e. The first-order chi connectivity index (χ1) is 12.7. The number of nitrogens with one attached hydrogen (secondary N) is 1. The van der Waals surface area contributed by atoms with Gasteiger partial charge in [0.25, 0.3) is 0 Å². The van der Waals surface area contributed by atoms with Gasteiger partial charge in [0.1, 0.15) is 0 Å². The molecule has 5 nitrogen and oxygen atoms in total. The van der Waals surface area contributed by atoms with Crippen molar-refractivity contribution in [1.82, 2.24) is 14.8 Å². The molecule has 1 N–H and O–H groups in total. The lowest BCUT2D eigenvalue weighted by Gasteiger charge is -2.22. The van der Waals surface area contributed by atoms with Crippen LogP contribution >= 0.6 is 0 Å². The number of aliphatic imine (C=N–C) groups is 1. The van der Waals surface area contributed by atoms with Gasteiger partial charge in [-0.1, -0.05) is 19.3 Å². The minimum Gasteiger partial charge on any atom is -0.378 e. The fourth-order valence-corrected chi connectivity index (χ4v) is 3.51. The summed E-state index contributed by atoms with van der Waals surface area (Å²) in [4.78, 5) is 6.99. The van der Waals surface area contributed by atoms with Crippen molar-refractivity contribution >= 4 is 5.96 Å². The molecule has 0 spiro atoms. The Bertz CT molecular complexity index is 520. The van der Waals surface area contributed by atoms with Crippen molar-refractivity contribution in [2.45, 2.75) is 70.9 Å². The van der Waals surface area contributed by atoms with Crippen LogP contribution in [0.4, 0.5) is 0 Å². The van der Waals surface area contributed by atoms with E-state index in [4.69, 9.17) is 9.73 Å². The average molecular weight is 363 g/mol. The van der Waals surface area contributed by atoms with E-state index in [1.807, 2.05) is 0 Å². The molecule has 0 atom stereocenters. The van der Waals surface area contributed by atoms with Crippen molar-refractivity contribution < 1.29 is 4.74 Å². The fourth-order valence-electron chi connectivity index (χ4n) is 3.51. The summed E-state index contributed by atoms with van der Waals surface area (Å²) in [6.45, 7) is 5.68. The highest BCUT2D eigenvalue weighted by Gasteiger charge is 2.13. The molecular weight excluding hydrogens is 324 g/mol. The molecule has 1 saturated carbocycles. The van der Waals surface area contributed by atoms with Gasteiger partial charge < -0.3 is 19.5 Å². The highest BCUT2D eigenvalue weighted by atomic mass is 16.5. The van der Waals surface area contributed by atoms with Crippen LogP contribution in [0.1, 0.15) is 64.0 Å². The van der Waals surface area contributed by atoms with E-state index in [2.05, 4.69) is 54.1 Å². The quantitative estimate of drug-likeness (QED) is 0.389. The molecule has 0 aliphatic heterocycles. The molecule has 1 aliphatic carbocycles. The van der Waals surface area contributed by atoms with Crippen molar-refractivity contribution in [2.24, 2.45) is 12.0 Å². The number of aromatic nitrogens is 1. The molecule has 0 aromatic carbocycles. The summed E-state index contributed by atoms with van der Waals surface area (Å²) in [7, 11) is 4.19. The Morgan fingerprint density at radius 2 is 2.08 bits per heavy atom. The molecule has 26 heavy (non-hydrogen) atoms. The van der Waals surface area contributed by atoms with Crippen LogP contribution in [-0.2, 0) is 18.3 Å². The smallest absolute Gasteiger partial charge is 0.194 e. The van der Waals surface area contributed by atoms with Gasteiger partial charge in [0.2, 0.25) is 0 Å². The summed E-state index contributed by atoms with van der Waals surface area (Å²) >= 11 is 0. The summed E-state index contributed by atoms with van der Waals surface area (Å²) in [5.41, 5.74) is 1.29. The van der Waals surface area contributed by atoms with Gasteiger partial charge >= 0.3 is 0 Å². The third-order valence-corrected chi connectivity index (χ3v) is 5.12. The Balaban J connectivity index is 1.63. The highest BCUT2D eigenvalue weighted by molar-refractivity contribution is 5.79. The lowest BCUT2D eigenvalue weighted by molar-refractivity contribution is 0.0264. The molecule has 5 heteroatoms. The number of aryl methyl sites for hydroxylation is 1. The molecule has 0 amide bonds. The Labute approximate surface area is 159 Å². The lowest BCUT2D eigenvalue weighted by Crippen LogP contribution is -2.38. The van der Waals surface area contributed by atoms with E-state index in [1.165, 1.54) is 44.2 Å². The predicted molar refractivity (Wildman–Crippen MR) is 110 cm³/mol. The van der Waals surface area contributed by atoms with Crippen molar-refractivity contribution in [3.63, 3.8) is 0 Å². The van der Waals surface area contributed by atoms with Crippen LogP contribution in [0.3, 0.4) is 0 Å². The maximum atomic E-state index is 6.00. The largest absolute Gasteiger partial charge is 0.378 e. The number of rotatable bonds is 10. The van der Waals surface area contributed by atoms with Crippen molar-refractivity contribution in [3.05, 3.63) is 24.0 Å². The molecule has 0 radical (unpaired) electrons. The van der Waals surface area contributed by atoms with Crippen LogP contribution in [0.2, 0.25) is 0 Å². The second kappa shape index (κ2) is 12.0. The molecule has 1 aliphatic rings. The average Bonchev–Trinajstić information content (AvgIpc) is 3.05. The zero-order chi connectivity index (χ0) is 18.6. The topological polar surface area (TPSA) is 41.8 Å². The van der Waals surface area contributed by atoms with Gasteiger partial charge in [0.05, 0.1) is 12.6 Å². The van der Waals surface area contributed by atoms with Gasteiger partial charge in [-0.2, -0.15) is 0 Å². The summed E-state index contributed by atoms with van der Waals surface area (Å²) < 4.78 is 8.16. The zero-order valence-electron chi connectivity index (χ0n) is 17.0. The SMILES string of the molecule is CCNC(=NCCCCCOC1CCCCC1)N(C)Cc1cccn1C. The van der Waals surface area contributed by atoms with Gasteiger partial charge in [0, 0.05) is 45.7 Å². The number of hydrogen-bond donors (Lipinski definition) is 1. The van der Waals surface area contributed by atoms with E-state index in [9.17, 15) is 0 Å². The van der Waals surface area contributed by atoms with E-state index < -0.39 is 0 Å². The number of ether oxygens (including phenoxy) is 1. The van der Waals surface area contributed by atoms with Gasteiger partial charge in [-0.05, 0) is 51.2 Å². The minimum absolute atomic E-state index is 0.535. The van der Waals surface area contributed by atoms with Crippen molar-refractivity contribution in [3.8, 4) is 0 Å². The van der Waals surface area contributed by atoms with Gasteiger partial charge in [-0.25, -0.2) is 0 Å². The number of nitrogens with zero attached hydrogens (tertiary/aromatic N) is 3. The molecule has 1 heterocycles. The second-order valence-electron chi connectivity index (χ2n) is 7.39. The van der Waals surface area contributed by atoms with E-state index in [0.717, 1.165) is 45.0 Å². The minimum atomic E-state index is 0.535. The van der Waals surface area contributed by atoms with Crippen LogP contribution in [0, 0.1) is 0 Å². The number of hydrogen-bond acceptors (Lipinski definition) is 2. The summed E-state index contributed by atoms with van der Waals surface area (Å²) in [5.74, 6) is 0.993. The second-order valence-corrected chi connectivity index (χ2v) is 7.39. The molecule has 2 rings (SSSR count). The molecule has 1 aromatic heterocycles. The van der Waals surface area contributed by atoms with Crippen LogP contribution in [-0.4, -0.2) is 48.3 Å². The monoisotopic (exact) mass is 362 g/mol. The van der Waals surface area contributed by atoms with Gasteiger partial charge in [-0.15, -0.1) is 0 Å². The molecule has 1 aromatic rings. The van der Waals surface area contributed by atoms with E-state index >= 15 is 0 Å². The van der Waals surface area contributed by atoms with E-state index in [-0.39, 0.29) is 0 Å². The Morgan fingerprint density at radius 1 is 1.27 bits per heavy atom. The Morgan fingerprint density at radius 3 is 2.77 bits per heavy atom. The third-order valence-electron chi connectivity index (χ3n) is 5.12. The van der Waals surface area contributed by atoms with Gasteiger partial charge in [-0.3, -0.25) is 4.99 Å².